The summed E-state index contributed by atoms with van der Waals surface area (Å²) in [5.74, 6) is 0. The van der Waals surface area contributed by atoms with Gasteiger partial charge in [0.15, 0.2) is 5.65 Å². The maximum Gasteiger partial charge on any atom is 0.270 e. The number of thiol groups is 1. The molecule has 5 nitrogen and oxygen atoms in total. The van der Waals surface area contributed by atoms with Crippen molar-refractivity contribution >= 4 is 23.8 Å². The first-order chi connectivity index (χ1) is 8.75. The van der Waals surface area contributed by atoms with Crippen LogP contribution in [-0.2, 0) is 0 Å². The highest BCUT2D eigenvalue weighted by atomic mass is 32.1. The van der Waals surface area contributed by atoms with Gasteiger partial charge in [0.25, 0.3) is 5.56 Å². The Bertz CT molecular complexity index is 634. The van der Waals surface area contributed by atoms with Crippen molar-refractivity contribution in [1.82, 2.24) is 19.9 Å². The molecule has 2 aromatic rings. The molecule has 18 heavy (non-hydrogen) atoms. The fourth-order valence-corrected chi connectivity index (χ4v) is 2.61. The predicted octanol–water partition coefficient (Wildman–Crippen LogP) is 1.00. The van der Waals surface area contributed by atoms with Gasteiger partial charge >= 0.3 is 0 Å². The lowest BCUT2D eigenvalue weighted by molar-refractivity contribution is 0.367. The Morgan fingerprint density at radius 1 is 1.28 bits per heavy atom. The van der Waals surface area contributed by atoms with Crippen LogP contribution in [0.5, 0.6) is 0 Å². The average Bonchev–Trinajstić information content (AvgIpc) is 2.40. The van der Waals surface area contributed by atoms with Crippen LogP contribution in [0.25, 0.3) is 11.2 Å². The summed E-state index contributed by atoms with van der Waals surface area (Å²) in [6, 6.07) is 2.05. The van der Waals surface area contributed by atoms with Crippen molar-refractivity contribution in [3.05, 3.63) is 28.8 Å². The third-order valence-corrected chi connectivity index (χ3v) is 3.53. The molecule has 2 aromatic heterocycles. The minimum atomic E-state index is -0.0752. The number of fused-ring (bicyclic) bond motifs is 1. The van der Waals surface area contributed by atoms with Crippen LogP contribution in [0, 0.1) is 0 Å². The van der Waals surface area contributed by atoms with Crippen molar-refractivity contribution in [2.45, 2.75) is 23.8 Å². The lowest BCUT2D eigenvalue weighted by Gasteiger charge is -2.25. The lowest BCUT2D eigenvalue weighted by atomic mass is 10.1. The number of piperidine rings is 1. The van der Waals surface area contributed by atoms with Gasteiger partial charge in [-0.25, -0.2) is 9.97 Å². The Kier molecular flexibility index (Phi) is 3.05. The maximum atomic E-state index is 12.0. The van der Waals surface area contributed by atoms with Crippen LogP contribution in [0.15, 0.2) is 28.2 Å². The van der Waals surface area contributed by atoms with E-state index in [2.05, 4.69) is 27.9 Å². The van der Waals surface area contributed by atoms with Gasteiger partial charge in [-0.3, -0.25) is 9.36 Å². The SMILES string of the molecule is O=c1cnc2cc(S)cnc2n1C1CCNCC1. The molecule has 94 valence electrons. The van der Waals surface area contributed by atoms with Gasteiger partial charge in [-0.1, -0.05) is 0 Å². The van der Waals surface area contributed by atoms with Crippen molar-refractivity contribution in [1.29, 1.82) is 0 Å². The molecule has 0 spiro atoms. The van der Waals surface area contributed by atoms with Crippen molar-refractivity contribution in [3.63, 3.8) is 0 Å². The number of hydrogen-bond acceptors (Lipinski definition) is 5. The van der Waals surface area contributed by atoms with Gasteiger partial charge in [-0.05, 0) is 32.0 Å². The molecule has 0 unspecified atom stereocenters. The number of pyridine rings is 1. The van der Waals surface area contributed by atoms with Crippen LogP contribution in [0.4, 0.5) is 0 Å². The smallest absolute Gasteiger partial charge is 0.270 e. The summed E-state index contributed by atoms with van der Waals surface area (Å²) < 4.78 is 1.77. The van der Waals surface area contributed by atoms with Gasteiger partial charge in [-0.15, -0.1) is 12.6 Å². The molecule has 1 aliphatic rings. The quantitative estimate of drug-likeness (QED) is 0.753. The molecule has 0 aromatic carbocycles. The highest BCUT2D eigenvalue weighted by Gasteiger charge is 2.18. The van der Waals surface area contributed by atoms with Crippen LogP contribution in [0.1, 0.15) is 18.9 Å². The Labute approximate surface area is 110 Å². The molecular weight excluding hydrogens is 248 g/mol. The Balaban J connectivity index is 2.19. The molecule has 1 fully saturated rings. The topological polar surface area (TPSA) is 59.8 Å². The standard InChI is InChI=1S/C12H14N4OS/c17-11-7-14-10-5-9(18)6-15-12(10)16(11)8-1-3-13-4-2-8/h5-8,13,18H,1-4H2. The summed E-state index contributed by atoms with van der Waals surface area (Å²) in [4.78, 5) is 21.3. The Morgan fingerprint density at radius 2 is 2.06 bits per heavy atom. The molecule has 1 saturated heterocycles. The van der Waals surface area contributed by atoms with E-state index < -0.39 is 0 Å². The summed E-state index contributed by atoms with van der Waals surface area (Å²) in [7, 11) is 0. The van der Waals surface area contributed by atoms with Crippen molar-refractivity contribution in [2.24, 2.45) is 0 Å². The molecule has 0 saturated carbocycles. The highest BCUT2D eigenvalue weighted by Crippen LogP contribution is 2.21. The van der Waals surface area contributed by atoms with Crippen LogP contribution in [0.3, 0.4) is 0 Å². The van der Waals surface area contributed by atoms with E-state index in [1.807, 2.05) is 6.07 Å². The summed E-state index contributed by atoms with van der Waals surface area (Å²) in [5.41, 5.74) is 1.31. The van der Waals surface area contributed by atoms with Crippen LogP contribution < -0.4 is 10.9 Å². The second kappa shape index (κ2) is 4.70. The van der Waals surface area contributed by atoms with E-state index in [0.29, 0.717) is 5.65 Å². The van der Waals surface area contributed by atoms with Crippen LogP contribution in [-0.4, -0.2) is 27.6 Å². The first kappa shape index (κ1) is 11.7. The second-order valence-corrected chi connectivity index (χ2v) is 5.00. The van der Waals surface area contributed by atoms with E-state index in [-0.39, 0.29) is 11.6 Å². The number of nitrogens with one attached hydrogen (secondary N) is 1. The molecule has 0 bridgehead atoms. The molecule has 0 amide bonds. The van der Waals surface area contributed by atoms with E-state index in [0.717, 1.165) is 36.3 Å². The third kappa shape index (κ3) is 2.02. The van der Waals surface area contributed by atoms with Gasteiger partial charge in [0.05, 0.1) is 6.20 Å². The Hall–Kier alpha value is -1.40. The van der Waals surface area contributed by atoms with E-state index in [1.54, 1.807) is 10.8 Å². The minimum absolute atomic E-state index is 0.0752. The zero-order valence-corrected chi connectivity index (χ0v) is 10.7. The molecule has 3 heterocycles. The Morgan fingerprint density at radius 3 is 2.83 bits per heavy atom. The predicted molar refractivity (Wildman–Crippen MR) is 72.2 cm³/mol. The highest BCUT2D eigenvalue weighted by molar-refractivity contribution is 7.80. The number of nitrogens with zero attached hydrogens (tertiary/aromatic N) is 3. The molecule has 0 aliphatic carbocycles. The maximum absolute atomic E-state index is 12.0. The first-order valence-corrected chi connectivity index (χ1v) is 6.47. The number of hydrogen-bond donors (Lipinski definition) is 2. The second-order valence-electron chi connectivity index (χ2n) is 4.48. The zero-order valence-electron chi connectivity index (χ0n) is 9.83. The van der Waals surface area contributed by atoms with Gasteiger partial charge in [-0.2, -0.15) is 0 Å². The molecular formula is C12H14N4OS. The largest absolute Gasteiger partial charge is 0.317 e. The minimum Gasteiger partial charge on any atom is -0.317 e. The number of aromatic nitrogens is 3. The summed E-state index contributed by atoms with van der Waals surface area (Å²) >= 11 is 4.25. The summed E-state index contributed by atoms with van der Waals surface area (Å²) in [6.45, 7) is 1.87. The lowest BCUT2D eigenvalue weighted by Crippen LogP contribution is -2.34. The fourth-order valence-electron chi connectivity index (χ4n) is 2.43. The monoisotopic (exact) mass is 262 g/mol. The molecule has 3 rings (SSSR count). The van der Waals surface area contributed by atoms with E-state index in [4.69, 9.17) is 0 Å². The molecule has 0 radical (unpaired) electrons. The van der Waals surface area contributed by atoms with Gasteiger partial charge in [0.1, 0.15) is 5.52 Å². The third-order valence-electron chi connectivity index (χ3n) is 3.29. The number of rotatable bonds is 1. The van der Waals surface area contributed by atoms with Crippen molar-refractivity contribution < 1.29 is 0 Å². The van der Waals surface area contributed by atoms with Crippen LogP contribution >= 0.6 is 12.6 Å². The first-order valence-electron chi connectivity index (χ1n) is 6.03. The molecule has 1 N–H and O–H groups in total. The van der Waals surface area contributed by atoms with E-state index in [9.17, 15) is 4.79 Å². The van der Waals surface area contributed by atoms with Gasteiger partial charge < -0.3 is 5.32 Å². The summed E-state index contributed by atoms with van der Waals surface area (Å²) in [6.07, 6.45) is 4.93. The summed E-state index contributed by atoms with van der Waals surface area (Å²) in [5, 5.41) is 3.30. The van der Waals surface area contributed by atoms with E-state index >= 15 is 0 Å². The normalized spacial score (nSPS) is 17.2. The van der Waals surface area contributed by atoms with Gasteiger partial charge in [0, 0.05) is 17.1 Å². The fraction of sp³-hybridized carbons (Fsp3) is 0.417. The van der Waals surface area contributed by atoms with Crippen LogP contribution in [0.2, 0.25) is 0 Å². The molecule has 1 aliphatic heterocycles. The van der Waals surface area contributed by atoms with Crippen molar-refractivity contribution in [3.8, 4) is 0 Å². The zero-order chi connectivity index (χ0) is 12.5. The van der Waals surface area contributed by atoms with Gasteiger partial charge in [0.2, 0.25) is 0 Å². The van der Waals surface area contributed by atoms with Crippen molar-refractivity contribution in [2.75, 3.05) is 13.1 Å². The average molecular weight is 262 g/mol. The molecule has 6 heteroatoms. The molecule has 0 atom stereocenters. The van der Waals surface area contributed by atoms with E-state index in [1.165, 1.54) is 6.20 Å².